The Hall–Kier alpha value is -2.05. The Balaban J connectivity index is 1.68. The number of halogens is 3. The summed E-state index contributed by atoms with van der Waals surface area (Å²) < 4.78 is 38.4. The van der Waals surface area contributed by atoms with E-state index < -0.39 is 17.2 Å². The van der Waals surface area contributed by atoms with E-state index in [0.717, 1.165) is 31.5 Å². The predicted octanol–water partition coefficient (Wildman–Crippen LogP) is 2.72. The van der Waals surface area contributed by atoms with Gasteiger partial charge in [-0.3, -0.25) is 9.59 Å². The highest BCUT2D eigenvalue weighted by atomic mass is 19.4. The molecule has 7 heteroatoms. The maximum atomic E-state index is 12.8. The van der Waals surface area contributed by atoms with Crippen LogP contribution in [0, 0.1) is 5.41 Å². The van der Waals surface area contributed by atoms with E-state index in [9.17, 15) is 22.8 Å². The second-order valence-electron chi connectivity index (χ2n) is 7.05. The van der Waals surface area contributed by atoms with E-state index in [-0.39, 0.29) is 18.2 Å². The normalized spacial score (nSPS) is 24.2. The van der Waals surface area contributed by atoms with Gasteiger partial charge in [-0.1, -0.05) is 18.2 Å². The van der Waals surface area contributed by atoms with Crippen LogP contribution in [0.25, 0.3) is 0 Å². The quantitative estimate of drug-likeness (QED) is 0.819. The summed E-state index contributed by atoms with van der Waals surface area (Å²) in [7, 11) is 1.77. The first-order valence-corrected chi connectivity index (χ1v) is 8.41. The molecule has 1 aromatic rings. The first-order chi connectivity index (χ1) is 11.7. The van der Waals surface area contributed by atoms with Crippen molar-refractivity contribution in [2.45, 2.75) is 31.9 Å². The molecule has 3 rings (SSSR count). The van der Waals surface area contributed by atoms with Crippen LogP contribution in [-0.2, 0) is 22.2 Å². The molecule has 0 aromatic heterocycles. The maximum Gasteiger partial charge on any atom is 0.416 e. The van der Waals surface area contributed by atoms with Crippen LogP contribution in [0.15, 0.2) is 24.3 Å². The fourth-order valence-electron chi connectivity index (χ4n) is 3.88. The lowest BCUT2D eigenvalue weighted by Gasteiger charge is -2.37. The van der Waals surface area contributed by atoms with Gasteiger partial charge in [0.2, 0.25) is 11.8 Å². The summed E-state index contributed by atoms with van der Waals surface area (Å²) in [5, 5.41) is 0. The van der Waals surface area contributed by atoms with E-state index in [0.29, 0.717) is 25.1 Å². The second-order valence-corrected chi connectivity index (χ2v) is 7.05. The van der Waals surface area contributed by atoms with Gasteiger partial charge in [0.25, 0.3) is 0 Å². The van der Waals surface area contributed by atoms with Gasteiger partial charge in [-0.05, 0) is 30.9 Å². The molecule has 2 saturated heterocycles. The van der Waals surface area contributed by atoms with Gasteiger partial charge in [0.15, 0.2) is 0 Å². The van der Waals surface area contributed by atoms with Crippen molar-refractivity contribution in [2.24, 2.45) is 5.41 Å². The molecule has 0 saturated carbocycles. The molecule has 4 nitrogen and oxygen atoms in total. The van der Waals surface area contributed by atoms with Crippen LogP contribution < -0.4 is 0 Å². The third-order valence-corrected chi connectivity index (χ3v) is 5.27. The van der Waals surface area contributed by atoms with E-state index in [4.69, 9.17) is 0 Å². The molecule has 1 unspecified atom stereocenters. The van der Waals surface area contributed by atoms with Crippen molar-refractivity contribution in [1.29, 1.82) is 0 Å². The van der Waals surface area contributed by atoms with Gasteiger partial charge in [0, 0.05) is 26.7 Å². The van der Waals surface area contributed by atoms with Gasteiger partial charge in [-0.25, -0.2) is 0 Å². The number of likely N-dealkylation sites (tertiary alicyclic amines) is 2. The standard InChI is InChI=1S/C18H21F3N2O2/c1-22-8-3-6-17(16(22)25)7-9-23(12-17)15(24)11-13-4-2-5-14(10-13)18(19,20)21/h2,4-5,10H,3,6-9,11-12H2,1H3. The Kier molecular flexibility index (Phi) is 4.51. The van der Waals surface area contributed by atoms with Gasteiger partial charge in [-0.15, -0.1) is 0 Å². The molecule has 2 amide bonds. The van der Waals surface area contributed by atoms with E-state index in [1.54, 1.807) is 16.8 Å². The smallest absolute Gasteiger partial charge is 0.345 e. The van der Waals surface area contributed by atoms with Gasteiger partial charge in [0.1, 0.15) is 0 Å². The van der Waals surface area contributed by atoms with Crippen molar-refractivity contribution in [2.75, 3.05) is 26.7 Å². The molecule has 0 aliphatic carbocycles. The minimum absolute atomic E-state index is 0.0770. The molecule has 0 radical (unpaired) electrons. The SMILES string of the molecule is CN1CCCC2(CCN(C(=O)Cc3cccc(C(F)(F)F)c3)C2)C1=O. The number of carbonyl (C=O) groups excluding carboxylic acids is 2. The zero-order chi connectivity index (χ0) is 18.2. The van der Waals surface area contributed by atoms with Crippen molar-refractivity contribution < 1.29 is 22.8 Å². The van der Waals surface area contributed by atoms with Crippen molar-refractivity contribution in [1.82, 2.24) is 9.80 Å². The molecule has 2 heterocycles. The number of nitrogens with zero attached hydrogens (tertiary/aromatic N) is 2. The molecule has 2 aliphatic heterocycles. The summed E-state index contributed by atoms with van der Waals surface area (Å²) in [6.07, 6.45) is -2.19. The number of amides is 2. The third kappa shape index (κ3) is 3.50. The Morgan fingerprint density at radius 2 is 2.00 bits per heavy atom. The lowest BCUT2D eigenvalue weighted by atomic mass is 9.78. The van der Waals surface area contributed by atoms with Crippen molar-refractivity contribution >= 4 is 11.8 Å². The first-order valence-electron chi connectivity index (χ1n) is 8.41. The van der Waals surface area contributed by atoms with Crippen LogP contribution in [-0.4, -0.2) is 48.3 Å². The molecular weight excluding hydrogens is 333 g/mol. The molecule has 1 spiro atoms. The minimum atomic E-state index is -4.42. The fourth-order valence-corrected chi connectivity index (χ4v) is 3.88. The van der Waals surface area contributed by atoms with E-state index in [1.807, 2.05) is 0 Å². The van der Waals surface area contributed by atoms with E-state index in [1.165, 1.54) is 12.1 Å². The predicted molar refractivity (Wildman–Crippen MR) is 85.6 cm³/mol. The number of hydrogen-bond acceptors (Lipinski definition) is 2. The summed E-state index contributed by atoms with van der Waals surface area (Å²) in [5.74, 6) is -0.148. The topological polar surface area (TPSA) is 40.6 Å². The van der Waals surface area contributed by atoms with Gasteiger partial charge in [-0.2, -0.15) is 13.2 Å². The monoisotopic (exact) mass is 354 g/mol. The molecule has 0 bridgehead atoms. The summed E-state index contributed by atoms with van der Waals surface area (Å²) in [6.45, 7) is 1.59. The number of carbonyl (C=O) groups is 2. The zero-order valence-electron chi connectivity index (χ0n) is 14.1. The van der Waals surface area contributed by atoms with Crippen LogP contribution in [0.5, 0.6) is 0 Å². The van der Waals surface area contributed by atoms with Crippen molar-refractivity contribution in [3.05, 3.63) is 35.4 Å². The lowest BCUT2D eigenvalue weighted by Crippen LogP contribution is -2.48. The van der Waals surface area contributed by atoms with Crippen LogP contribution in [0.3, 0.4) is 0 Å². The Morgan fingerprint density at radius 3 is 2.72 bits per heavy atom. The molecular formula is C18H21F3N2O2. The zero-order valence-corrected chi connectivity index (χ0v) is 14.1. The highest BCUT2D eigenvalue weighted by Crippen LogP contribution is 2.39. The largest absolute Gasteiger partial charge is 0.416 e. The molecule has 0 N–H and O–H groups in total. The maximum absolute atomic E-state index is 12.8. The van der Waals surface area contributed by atoms with E-state index >= 15 is 0 Å². The molecule has 136 valence electrons. The van der Waals surface area contributed by atoms with Gasteiger partial charge < -0.3 is 9.80 Å². The molecule has 2 aliphatic rings. The average molecular weight is 354 g/mol. The summed E-state index contributed by atoms with van der Waals surface area (Å²) in [5.41, 5.74) is -0.913. The number of piperidine rings is 1. The van der Waals surface area contributed by atoms with Crippen LogP contribution >= 0.6 is 0 Å². The fraction of sp³-hybridized carbons (Fsp3) is 0.556. The second kappa shape index (κ2) is 6.35. The molecule has 2 fully saturated rings. The minimum Gasteiger partial charge on any atom is -0.345 e. The summed E-state index contributed by atoms with van der Waals surface area (Å²) in [4.78, 5) is 28.3. The Bertz CT molecular complexity index is 689. The van der Waals surface area contributed by atoms with E-state index in [2.05, 4.69) is 0 Å². The first kappa shape index (κ1) is 17.8. The van der Waals surface area contributed by atoms with Gasteiger partial charge >= 0.3 is 6.18 Å². The summed E-state index contributed by atoms with van der Waals surface area (Å²) in [6, 6.07) is 4.85. The average Bonchev–Trinajstić information content (AvgIpc) is 2.97. The van der Waals surface area contributed by atoms with Gasteiger partial charge in [0.05, 0.1) is 17.4 Å². The van der Waals surface area contributed by atoms with Crippen molar-refractivity contribution in [3.8, 4) is 0 Å². The number of hydrogen-bond donors (Lipinski definition) is 0. The number of alkyl halides is 3. The van der Waals surface area contributed by atoms with Crippen molar-refractivity contribution in [3.63, 3.8) is 0 Å². The third-order valence-electron chi connectivity index (χ3n) is 5.27. The number of benzene rings is 1. The lowest BCUT2D eigenvalue weighted by molar-refractivity contribution is -0.144. The van der Waals surface area contributed by atoms with Crippen LogP contribution in [0.4, 0.5) is 13.2 Å². The Labute approximate surface area is 144 Å². The summed E-state index contributed by atoms with van der Waals surface area (Å²) >= 11 is 0. The molecule has 25 heavy (non-hydrogen) atoms. The van der Waals surface area contributed by atoms with Crippen LogP contribution in [0.2, 0.25) is 0 Å². The molecule has 1 aromatic carbocycles. The Morgan fingerprint density at radius 1 is 1.24 bits per heavy atom. The highest BCUT2D eigenvalue weighted by molar-refractivity contribution is 5.86. The highest BCUT2D eigenvalue weighted by Gasteiger charge is 2.48. The van der Waals surface area contributed by atoms with Crippen LogP contribution in [0.1, 0.15) is 30.4 Å². The number of rotatable bonds is 2. The molecule has 1 atom stereocenters.